The summed E-state index contributed by atoms with van der Waals surface area (Å²) in [6.45, 7) is 2.75. The molecule has 2 aromatic rings. The Morgan fingerprint density at radius 2 is 1.64 bits per heavy atom. The molecular weight excluding hydrogens is 464 g/mol. The van der Waals surface area contributed by atoms with Gasteiger partial charge in [0, 0.05) is 38.3 Å². The van der Waals surface area contributed by atoms with Crippen LogP contribution in [-0.2, 0) is 11.3 Å². The fourth-order valence-corrected chi connectivity index (χ4v) is 5.16. The van der Waals surface area contributed by atoms with Crippen LogP contribution >= 0.6 is 23.2 Å². The van der Waals surface area contributed by atoms with Crippen LogP contribution in [0.25, 0.3) is 0 Å². The third-order valence-corrected chi connectivity index (χ3v) is 7.40. The van der Waals surface area contributed by atoms with Crippen LogP contribution in [-0.4, -0.2) is 53.8 Å². The Morgan fingerprint density at radius 3 is 2.27 bits per heavy atom. The zero-order valence-corrected chi connectivity index (χ0v) is 19.9. The van der Waals surface area contributed by atoms with Crippen molar-refractivity contribution in [2.45, 2.75) is 38.3 Å². The second kappa shape index (κ2) is 10.9. The Balaban J connectivity index is 1.39. The predicted molar refractivity (Wildman–Crippen MR) is 128 cm³/mol. The van der Waals surface area contributed by atoms with Gasteiger partial charge in [-0.1, -0.05) is 48.2 Å². The summed E-state index contributed by atoms with van der Waals surface area (Å²) in [5.41, 5.74) is 1.38. The highest BCUT2D eigenvalue weighted by Crippen LogP contribution is 2.31. The summed E-state index contributed by atoms with van der Waals surface area (Å²) in [6, 6.07) is 10.9. The summed E-state index contributed by atoms with van der Waals surface area (Å²) in [7, 11) is 0. The van der Waals surface area contributed by atoms with Crippen molar-refractivity contribution < 1.29 is 14.0 Å². The first-order valence-electron chi connectivity index (χ1n) is 11.4. The Labute approximate surface area is 203 Å². The van der Waals surface area contributed by atoms with Crippen molar-refractivity contribution in [1.82, 2.24) is 15.1 Å². The number of nitrogens with zero attached hydrogens (tertiary/aromatic N) is 2. The fraction of sp³-hybridized carbons (Fsp3) is 0.440. The number of rotatable bonds is 6. The molecule has 1 saturated carbocycles. The maximum atomic E-state index is 13.2. The molecule has 8 heteroatoms. The predicted octanol–water partition coefficient (Wildman–Crippen LogP) is 4.77. The van der Waals surface area contributed by atoms with Gasteiger partial charge >= 0.3 is 0 Å². The number of piperazine rings is 1. The van der Waals surface area contributed by atoms with E-state index in [0.29, 0.717) is 54.3 Å². The summed E-state index contributed by atoms with van der Waals surface area (Å²) >= 11 is 12.0. The highest BCUT2D eigenvalue weighted by Gasteiger charge is 2.37. The topological polar surface area (TPSA) is 52.7 Å². The first-order chi connectivity index (χ1) is 15.9. The molecule has 33 heavy (non-hydrogen) atoms. The normalized spacial score (nSPS) is 18.3. The van der Waals surface area contributed by atoms with Gasteiger partial charge < -0.3 is 10.2 Å². The van der Waals surface area contributed by atoms with Crippen molar-refractivity contribution in [3.05, 3.63) is 69.5 Å². The minimum Gasteiger partial charge on any atom is -0.351 e. The van der Waals surface area contributed by atoms with Crippen molar-refractivity contribution in [3.63, 3.8) is 0 Å². The van der Waals surface area contributed by atoms with Gasteiger partial charge in [0.2, 0.25) is 5.91 Å². The van der Waals surface area contributed by atoms with E-state index in [0.717, 1.165) is 31.2 Å². The lowest BCUT2D eigenvalue weighted by molar-refractivity contribution is -0.129. The summed E-state index contributed by atoms with van der Waals surface area (Å²) in [5.74, 6) is -0.0420. The van der Waals surface area contributed by atoms with E-state index >= 15 is 0 Å². The summed E-state index contributed by atoms with van der Waals surface area (Å²) in [6.07, 6.45) is 4.36. The van der Waals surface area contributed by atoms with Gasteiger partial charge in [-0.05, 0) is 54.7 Å². The standard InChI is InChI=1S/C25H28Cl2FN3O2/c26-21-10-7-19(15-22(21)27)25(33)31-13-11-30(12-14-31)23(18-3-1-2-4-18)24(32)29-16-17-5-8-20(28)9-6-17/h5-10,15,18,23H,1-4,11-14,16H2,(H,29,32). The number of carbonyl (C=O) groups excluding carboxylic acids is 2. The van der Waals surface area contributed by atoms with E-state index in [1.807, 2.05) is 0 Å². The van der Waals surface area contributed by atoms with Crippen LogP contribution in [0.15, 0.2) is 42.5 Å². The summed E-state index contributed by atoms with van der Waals surface area (Å²) in [5, 5.41) is 3.84. The molecule has 1 saturated heterocycles. The average Bonchev–Trinajstić information content (AvgIpc) is 3.35. The molecule has 1 N–H and O–H groups in total. The van der Waals surface area contributed by atoms with E-state index < -0.39 is 0 Å². The second-order valence-corrected chi connectivity index (χ2v) is 9.61. The van der Waals surface area contributed by atoms with E-state index in [1.165, 1.54) is 12.1 Å². The van der Waals surface area contributed by atoms with Crippen molar-refractivity contribution in [3.8, 4) is 0 Å². The van der Waals surface area contributed by atoms with Gasteiger partial charge in [-0.15, -0.1) is 0 Å². The van der Waals surface area contributed by atoms with Crippen molar-refractivity contribution in [2.75, 3.05) is 26.2 Å². The molecule has 176 valence electrons. The van der Waals surface area contributed by atoms with Crippen molar-refractivity contribution >= 4 is 35.0 Å². The second-order valence-electron chi connectivity index (χ2n) is 8.79. The number of amides is 2. The lowest BCUT2D eigenvalue weighted by atomic mass is 9.94. The molecule has 0 bridgehead atoms. The number of hydrogen-bond acceptors (Lipinski definition) is 3. The molecule has 5 nitrogen and oxygen atoms in total. The first kappa shape index (κ1) is 24.0. The van der Waals surface area contributed by atoms with Crippen molar-refractivity contribution in [2.24, 2.45) is 5.92 Å². The van der Waals surface area contributed by atoms with Crippen LogP contribution in [0.5, 0.6) is 0 Å². The SMILES string of the molecule is O=C(NCc1ccc(F)cc1)C(C1CCCC1)N1CCN(C(=O)c2ccc(Cl)c(Cl)c2)CC1. The monoisotopic (exact) mass is 491 g/mol. The molecule has 1 aliphatic heterocycles. The average molecular weight is 492 g/mol. The van der Waals surface area contributed by atoms with Crippen LogP contribution in [0.3, 0.4) is 0 Å². The Morgan fingerprint density at radius 1 is 0.970 bits per heavy atom. The van der Waals surface area contributed by atoms with Crippen LogP contribution in [0, 0.1) is 11.7 Å². The van der Waals surface area contributed by atoms with Gasteiger partial charge in [0.15, 0.2) is 0 Å². The lowest BCUT2D eigenvalue weighted by Crippen LogP contribution is -2.57. The van der Waals surface area contributed by atoms with E-state index in [1.54, 1.807) is 35.2 Å². The third-order valence-electron chi connectivity index (χ3n) is 6.66. The molecule has 4 rings (SSSR count). The first-order valence-corrected chi connectivity index (χ1v) is 12.2. The highest BCUT2D eigenvalue weighted by molar-refractivity contribution is 6.42. The third kappa shape index (κ3) is 5.86. The van der Waals surface area contributed by atoms with Gasteiger partial charge in [0.1, 0.15) is 5.82 Å². The van der Waals surface area contributed by atoms with E-state index in [-0.39, 0.29) is 23.7 Å². The summed E-state index contributed by atoms with van der Waals surface area (Å²) in [4.78, 5) is 30.2. The molecule has 0 radical (unpaired) electrons. The number of halogens is 3. The molecule has 2 aromatic carbocycles. The molecule has 0 spiro atoms. The van der Waals surface area contributed by atoms with Gasteiger partial charge in [-0.25, -0.2) is 4.39 Å². The smallest absolute Gasteiger partial charge is 0.253 e. The Hall–Kier alpha value is -2.15. The molecular formula is C25H28Cl2FN3O2. The van der Waals surface area contributed by atoms with E-state index in [4.69, 9.17) is 23.2 Å². The minimum absolute atomic E-state index is 0.00971. The number of hydrogen-bond donors (Lipinski definition) is 1. The van der Waals surface area contributed by atoms with Crippen molar-refractivity contribution in [1.29, 1.82) is 0 Å². The molecule has 2 amide bonds. The molecule has 1 heterocycles. The maximum absolute atomic E-state index is 13.2. The number of nitrogens with one attached hydrogen (secondary N) is 1. The zero-order chi connectivity index (χ0) is 23.4. The number of carbonyl (C=O) groups is 2. The zero-order valence-electron chi connectivity index (χ0n) is 18.4. The van der Waals surface area contributed by atoms with E-state index in [2.05, 4.69) is 10.2 Å². The molecule has 2 aliphatic rings. The maximum Gasteiger partial charge on any atom is 0.253 e. The molecule has 1 aliphatic carbocycles. The molecule has 1 unspecified atom stereocenters. The van der Waals surface area contributed by atoms with Crippen LogP contribution in [0.2, 0.25) is 10.0 Å². The summed E-state index contributed by atoms with van der Waals surface area (Å²) < 4.78 is 13.2. The minimum atomic E-state index is -0.290. The molecule has 1 atom stereocenters. The van der Waals surface area contributed by atoms with Gasteiger partial charge in [-0.2, -0.15) is 0 Å². The Bertz CT molecular complexity index is 988. The lowest BCUT2D eigenvalue weighted by Gasteiger charge is -2.40. The van der Waals surface area contributed by atoms with Crippen LogP contribution < -0.4 is 5.32 Å². The molecule has 2 fully saturated rings. The largest absolute Gasteiger partial charge is 0.351 e. The van der Waals surface area contributed by atoms with Gasteiger partial charge in [-0.3, -0.25) is 14.5 Å². The highest BCUT2D eigenvalue weighted by atomic mass is 35.5. The quantitative estimate of drug-likeness (QED) is 0.633. The molecule has 0 aromatic heterocycles. The van der Waals surface area contributed by atoms with Crippen LogP contribution in [0.1, 0.15) is 41.6 Å². The van der Waals surface area contributed by atoms with E-state index in [9.17, 15) is 14.0 Å². The Kier molecular flexibility index (Phi) is 7.89. The van der Waals surface area contributed by atoms with Gasteiger partial charge in [0.05, 0.1) is 16.1 Å². The van der Waals surface area contributed by atoms with Gasteiger partial charge in [0.25, 0.3) is 5.91 Å². The fourth-order valence-electron chi connectivity index (χ4n) is 4.86. The van der Waals surface area contributed by atoms with Crippen LogP contribution in [0.4, 0.5) is 4.39 Å². The number of benzene rings is 2.